The zero-order valence-corrected chi connectivity index (χ0v) is 7.94. The van der Waals surface area contributed by atoms with Crippen LogP contribution in [0.5, 0.6) is 11.5 Å². The molecule has 0 heterocycles. The lowest BCUT2D eigenvalue weighted by Crippen LogP contribution is -2.04. The number of ketones is 1. The van der Waals surface area contributed by atoms with Gasteiger partial charge in [0.25, 0.3) is 0 Å². The average molecular weight is 194 g/mol. The monoisotopic (exact) mass is 194 g/mol. The molecule has 0 atom stereocenters. The molecule has 0 fully saturated rings. The Kier molecular flexibility index (Phi) is 3.23. The van der Waals surface area contributed by atoms with Crippen LogP contribution in [0.2, 0.25) is 0 Å². The summed E-state index contributed by atoms with van der Waals surface area (Å²) in [5.74, 6) is 0.0908. The summed E-state index contributed by atoms with van der Waals surface area (Å²) >= 11 is 0. The van der Waals surface area contributed by atoms with Crippen LogP contribution in [0.15, 0.2) is 18.2 Å². The molecule has 1 rings (SSSR count). The largest absolute Gasteiger partial charge is 0.493 e. The van der Waals surface area contributed by atoms with Gasteiger partial charge in [-0.15, -0.1) is 0 Å². The van der Waals surface area contributed by atoms with E-state index in [-0.39, 0.29) is 17.6 Å². The number of benzene rings is 1. The third-order valence-electron chi connectivity index (χ3n) is 1.78. The summed E-state index contributed by atoms with van der Waals surface area (Å²) < 4.78 is 9.96. The molecule has 0 radical (unpaired) electrons. The first-order valence-electron chi connectivity index (χ1n) is 3.95. The van der Waals surface area contributed by atoms with Crippen molar-refractivity contribution in [1.82, 2.24) is 0 Å². The molecule has 0 aliphatic carbocycles. The van der Waals surface area contributed by atoms with Gasteiger partial charge < -0.3 is 9.47 Å². The Labute approximate surface area is 81.4 Å². The molecular weight excluding hydrogens is 184 g/mol. The molecule has 0 aliphatic rings. The third kappa shape index (κ3) is 1.74. The molecule has 0 spiro atoms. The summed E-state index contributed by atoms with van der Waals surface area (Å²) in [4.78, 5) is 21.5. The molecule has 0 bridgehead atoms. The molecular formula is C10H10O4. The average Bonchev–Trinajstić information content (AvgIpc) is 2.26. The van der Waals surface area contributed by atoms with E-state index in [1.54, 1.807) is 12.1 Å². The van der Waals surface area contributed by atoms with Gasteiger partial charge in [-0.1, -0.05) is 6.07 Å². The quantitative estimate of drug-likeness (QED) is 0.409. The molecule has 1 aromatic rings. The lowest BCUT2D eigenvalue weighted by Gasteiger charge is -2.09. The topological polar surface area (TPSA) is 52.6 Å². The Morgan fingerprint density at radius 2 is 2.00 bits per heavy atom. The fraction of sp³-hybridized carbons (Fsp3) is 0.200. The Balaban J connectivity index is 3.28. The van der Waals surface area contributed by atoms with Crippen LogP contribution in [0.25, 0.3) is 0 Å². The normalized spacial score (nSPS) is 9.29. The van der Waals surface area contributed by atoms with Crippen LogP contribution >= 0.6 is 0 Å². The van der Waals surface area contributed by atoms with E-state index in [0.717, 1.165) is 0 Å². The lowest BCUT2D eigenvalue weighted by atomic mass is 10.1. The SMILES string of the molecule is COc1cccc(C(=O)C=O)c1OC. The predicted molar refractivity (Wildman–Crippen MR) is 49.9 cm³/mol. The van der Waals surface area contributed by atoms with Crippen molar-refractivity contribution in [2.75, 3.05) is 14.2 Å². The highest BCUT2D eigenvalue weighted by Gasteiger charge is 2.14. The van der Waals surface area contributed by atoms with E-state index in [1.807, 2.05) is 0 Å². The molecule has 14 heavy (non-hydrogen) atoms. The van der Waals surface area contributed by atoms with E-state index in [9.17, 15) is 9.59 Å². The zero-order valence-electron chi connectivity index (χ0n) is 7.94. The number of aldehydes is 1. The van der Waals surface area contributed by atoms with Gasteiger partial charge in [0.2, 0.25) is 5.78 Å². The maximum Gasteiger partial charge on any atom is 0.229 e. The minimum absolute atomic E-state index is 0.210. The highest BCUT2D eigenvalue weighted by atomic mass is 16.5. The van der Waals surface area contributed by atoms with Gasteiger partial charge in [-0.25, -0.2) is 0 Å². The smallest absolute Gasteiger partial charge is 0.229 e. The molecule has 0 saturated heterocycles. The zero-order chi connectivity index (χ0) is 10.6. The first-order chi connectivity index (χ1) is 6.74. The fourth-order valence-corrected chi connectivity index (χ4v) is 1.14. The number of Topliss-reactive ketones (excluding diaryl/α,β-unsaturated/α-hetero) is 1. The molecule has 0 amide bonds. The summed E-state index contributed by atoms with van der Waals surface area (Å²) in [5.41, 5.74) is 0.210. The van der Waals surface area contributed by atoms with Crippen molar-refractivity contribution in [3.8, 4) is 11.5 Å². The highest BCUT2D eigenvalue weighted by Crippen LogP contribution is 2.30. The van der Waals surface area contributed by atoms with Gasteiger partial charge in [0.15, 0.2) is 17.8 Å². The Morgan fingerprint density at radius 3 is 2.50 bits per heavy atom. The molecule has 1 aromatic carbocycles. The maximum absolute atomic E-state index is 11.2. The van der Waals surface area contributed by atoms with Crippen LogP contribution in [-0.2, 0) is 4.79 Å². The van der Waals surface area contributed by atoms with Gasteiger partial charge in [-0.2, -0.15) is 0 Å². The number of para-hydroxylation sites is 1. The molecule has 0 saturated carbocycles. The number of rotatable bonds is 4. The lowest BCUT2D eigenvalue weighted by molar-refractivity contribution is -0.104. The van der Waals surface area contributed by atoms with Crippen LogP contribution in [-0.4, -0.2) is 26.3 Å². The standard InChI is InChI=1S/C10H10O4/c1-13-9-5-3-4-7(8(12)6-11)10(9)14-2/h3-6H,1-2H3. The second-order valence-electron chi connectivity index (χ2n) is 2.52. The van der Waals surface area contributed by atoms with Crippen molar-refractivity contribution in [3.05, 3.63) is 23.8 Å². The van der Waals surface area contributed by atoms with Gasteiger partial charge in [0.05, 0.1) is 19.8 Å². The maximum atomic E-state index is 11.2. The van der Waals surface area contributed by atoms with E-state index in [2.05, 4.69) is 0 Å². The summed E-state index contributed by atoms with van der Waals surface area (Å²) in [6, 6.07) is 4.79. The van der Waals surface area contributed by atoms with Crippen LogP contribution in [0.4, 0.5) is 0 Å². The minimum atomic E-state index is -0.624. The summed E-state index contributed by atoms with van der Waals surface area (Å²) in [7, 11) is 2.88. The molecule has 4 nitrogen and oxygen atoms in total. The van der Waals surface area contributed by atoms with E-state index in [0.29, 0.717) is 5.75 Å². The minimum Gasteiger partial charge on any atom is -0.493 e. The molecule has 4 heteroatoms. The third-order valence-corrected chi connectivity index (χ3v) is 1.78. The van der Waals surface area contributed by atoms with Crippen molar-refractivity contribution in [2.24, 2.45) is 0 Å². The molecule has 0 unspecified atom stereocenters. The number of carbonyl (C=O) groups excluding carboxylic acids is 2. The number of carbonyl (C=O) groups is 2. The van der Waals surface area contributed by atoms with Gasteiger partial charge in [0.1, 0.15) is 0 Å². The Hall–Kier alpha value is -1.84. The Bertz CT molecular complexity index is 357. The molecule has 0 aromatic heterocycles. The van der Waals surface area contributed by atoms with Crippen LogP contribution in [0.3, 0.4) is 0 Å². The van der Waals surface area contributed by atoms with Crippen molar-refractivity contribution in [3.63, 3.8) is 0 Å². The summed E-state index contributed by atoms with van der Waals surface area (Å²) in [5, 5.41) is 0. The fourth-order valence-electron chi connectivity index (χ4n) is 1.14. The van der Waals surface area contributed by atoms with E-state index >= 15 is 0 Å². The number of hydrogen-bond donors (Lipinski definition) is 0. The summed E-state index contributed by atoms with van der Waals surface area (Å²) in [6.45, 7) is 0. The number of hydrogen-bond acceptors (Lipinski definition) is 4. The first kappa shape index (κ1) is 10.2. The van der Waals surface area contributed by atoms with Gasteiger partial charge in [-0.3, -0.25) is 9.59 Å². The van der Waals surface area contributed by atoms with Gasteiger partial charge in [-0.05, 0) is 12.1 Å². The molecule has 0 N–H and O–H groups in total. The van der Waals surface area contributed by atoms with Crippen molar-refractivity contribution < 1.29 is 19.1 Å². The Morgan fingerprint density at radius 1 is 1.29 bits per heavy atom. The van der Waals surface area contributed by atoms with Gasteiger partial charge in [0, 0.05) is 0 Å². The molecule has 0 aliphatic heterocycles. The van der Waals surface area contributed by atoms with Crippen molar-refractivity contribution in [2.45, 2.75) is 0 Å². The van der Waals surface area contributed by atoms with E-state index in [4.69, 9.17) is 9.47 Å². The van der Waals surface area contributed by atoms with Crippen LogP contribution < -0.4 is 9.47 Å². The van der Waals surface area contributed by atoms with E-state index in [1.165, 1.54) is 20.3 Å². The van der Waals surface area contributed by atoms with E-state index < -0.39 is 5.78 Å². The van der Waals surface area contributed by atoms with Crippen LogP contribution in [0.1, 0.15) is 10.4 Å². The van der Waals surface area contributed by atoms with Crippen LogP contribution in [0, 0.1) is 0 Å². The van der Waals surface area contributed by atoms with Crippen molar-refractivity contribution >= 4 is 12.1 Å². The number of methoxy groups -OCH3 is 2. The van der Waals surface area contributed by atoms with Gasteiger partial charge >= 0.3 is 0 Å². The number of ether oxygens (including phenoxy) is 2. The predicted octanol–water partition coefficient (Wildman–Crippen LogP) is 1.09. The second kappa shape index (κ2) is 4.41. The van der Waals surface area contributed by atoms with Crippen molar-refractivity contribution in [1.29, 1.82) is 0 Å². The molecule has 74 valence electrons. The highest BCUT2D eigenvalue weighted by molar-refractivity contribution is 6.34. The second-order valence-corrected chi connectivity index (χ2v) is 2.52. The summed E-state index contributed by atoms with van der Waals surface area (Å²) in [6.07, 6.45) is 0.247. The first-order valence-corrected chi connectivity index (χ1v) is 3.95.